The van der Waals surface area contributed by atoms with Crippen LogP contribution in [-0.2, 0) is 4.74 Å². The first-order chi connectivity index (χ1) is 17.7. The molecule has 1 aromatic heterocycles. The van der Waals surface area contributed by atoms with Gasteiger partial charge in [-0.3, -0.25) is 9.69 Å². The number of ether oxygens (including phenoxy) is 4. The van der Waals surface area contributed by atoms with Crippen LogP contribution in [0.4, 0.5) is 0 Å². The van der Waals surface area contributed by atoms with E-state index in [0.717, 1.165) is 70.6 Å². The molecule has 1 saturated heterocycles. The summed E-state index contributed by atoms with van der Waals surface area (Å²) in [7, 11) is 3.29. The number of benzene rings is 3. The third kappa shape index (κ3) is 5.23. The summed E-state index contributed by atoms with van der Waals surface area (Å²) in [5, 5.41) is 0.919. The second-order valence-electron chi connectivity index (χ2n) is 8.55. The number of hydrogen-bond donors (Lipinski definition) is 0. The van der Waals surface area contributed by atoms with Crippen molar-refractivity contribution in [2.45, 2.75) is 0 Å². The van der Waals surface area contributed by atoms with Gasteiger partial charge in [-0.1, -0.05) is 0 Å². The Hall–Kier alpha value is -3.39. The minimum Gasteiger partial charge on any atom is -0.497 e. The fourth-order valence-electron chi connectivity index (χ4n) is 4.34. The number of nitrogens with zero attached hydrogens (tertiary/aromatic N) is 1. The number of ketones is 1. The zero-order valence-electron chi connectivity index (χ0n) is 20.5. The van der Waals surface area contributed by atoms with Crippen LogP contribution in [0.3, 0.4) is 0 Å². The topological polar surface area (TPSA) is 57.2 Å². The molecule has 1 fully saturated rings. The Morgan fingerprint density at radius 2 is 1.56 bits per heavy atom. The lowest BCUT2D eigenvalue weighted by molar-refractivity contribution is 0.0322. The van der Waals surface area contributed by atoms with E-state index >= 15 is 0 Å². The Morgan fingerprint density at radius 3 is 2.25 bits per heavy atom. The number of thiophene rings is 1. The van der Waals surface area contributed by atoms with Gasteiger partial charge in [-0.2, -0.15) is 0 Å². The molecular formula is C29H29NO5S. The lowest BCUT2D eigenvalue weighted by Crippen LogP contribution is -2.38. The highest BCUT2D eigenvalue weighted by atomic mass is 32.1. The molecular weight excluding hydrogens is 474 g/mol. The van der Waals surface area contributed by atoms with E-state index in [1.54, 1.807) is 25.6 Å². The van der Waals surface area contributed by atoms with E-state index < -0.39 is 0 Å². The van der Waals surface area contributed by atoms with Gasteiger partial charge in [0, 0.05) is 45.7 Å². The molecule has 0 bridgehead atoms. The SMILES string of the molecule is COc1ccc(-c2sc3cc(OC)ccc3c2C(=O)c2ccc(OCCN3CCOCC3)cc2)cc1. The maximum Gasteiger partial charge on any atom is 0.195 e. The van der Waals surface area contributed by atoms with E-state index in [2.05, 4.69) is 4.90 Å². The first-order valence-corrected chi connectivity index (χ1v) is 12.8. The molecule has 2 heterocycles. The van der Waals surface area contributed by atoms with Crippen LogP contribution >= 0.6 is 11.3 Å². The minimum atomic E-state index is -0.0166. The molecule has 0 aliphatic carbocycles. The number of methoxy groups -OCH3 is 2. The normalized spacial score (nSPS) is 14.1. The molecule has 0 saturated carbocycles. The van der Waals surface area contributed by atoms with Crippen molar-refractivity contribution in [2.75, 3.05) is 53.7 Å². The van der Waals surface area contributed by atoms with Crippen molar-refractivity contribution in [3.63, 3.8) is 0 Å². The maximum atomic E-state index is 13.8. The third-order valence-corrected chi connectivity index (χ3v) is 7.57. The van der Waals surface area contributed by atoms with E-state index in [0.29, 0.717) is 17.7 Å². The van der Waals surface area contributed by atoms with Crippen molar-refractivity contribution in [3.05, 3.63) is 77.9 Å². The van der Waals surface area contributed by atoms with Crippen LogP contribution in [0.25, 0.3) is 20.5 Å². The highest BCUT2D eigenvalue weighted by Gasteiger charge is 2.22. The molecule has 7 heteroatoms. The summed E-state index contributed by atoms with van der Waals surface area (Å²) in [6.45, 7) is 4.89. The number of hydrogen-bond acceptors (Lipinski definition) is 7. The highest BCUT2D eigenvalue weighted by molar-refractivity contribution is 7.22. The maximum absolute atomic E-state index is 13.8. The van der Waals surface area contributed by atoms with Crippen LogP contribution < -0.4 is 14.2 Å². The molecule has 1 aliphatic rings. The van der Waals surface area contributed by atoms with Gasteiger partial charge in [-0.05, 0) is 72.3 Å². The van der Waals surface area contributed by atoms with Crippen LogP contribution in [0, 0.1) is 0 Å². The van der Waals surface area contributed by atoms with Crippen LogP contribution in [0.1, 0.15) is 15.9 Å². The van der Waals surface area contributed by atoms with Gasteiger partial charge >= 0.3 is 0 Å². The molecule has 0 unspecified atom stereocenters. The van der Waals surface area contributed by atoms with Gasteiger partial charge in [0.1, 0.15) is 23.9 Å². The van der Waals surface area contributed by atoms with Crippen LogP contribution in [-0.4, -0.2) is 64.4 Å². The Morgan fingerprint density at radius 1 is 0.889 bits per heavy atom. The summed E-state index contributed by atoms with van der Waals surface area (Å²) >= 11 is 1.59. The first-order valence-electron chi connectivity index (χ1n) is 12.0. The van der Waals surface area contributed by atoms with Crippen LogP contribution in [0.15, 0.2) is 66.7 Å². The zero-order valence-corrected chi connectivity index (χ0v) is 21.3. The van der Waals surface area contributed by atoms with Crippen molar-refractivity contribution in [1.29, 1.82) is 0 Å². The highest BCUT2D eigenvalue weighted by Crippen LogP contribution is 2.41. The van der Waals surface area contributed by atoms with E-state index in [-0.39, 0.29) is 5.78 Å². The number of carbonyl (C=O) groups is 1. The van der Waals surface area contributed by atoms with Crippen LogP contribution in [0.5, 0.6) is 17.2 Å². The molecule has 186 valence electrons. The predicted octanol–water partition coefficient (Wildman–Crippen LogP) is 5.53. The quantitative estimate of drug-likeness (QED) is 0.280. The fourth-order valence-corrected chi connectivity index (χ4v) is 5.57. The standard InChI is InChI=1S/C29H29NO5S/c1-32-22-7-5-21(6-8-22)29-27(25-12-11-24(33-2)19-26(25)36-29)28(31)20-3-9-23(10-4-20)35-18-15-30-13-16-34-17-14-30/h3-12,19H,13-18H2,1-2H3. The molecule has 4 aromatic rings. The lowest BCUT2D eigenvalue weighted by atomic mass is 9.97. The Balaban J connectivity index is 1.40. The fraction of sp³-hybridized carbons (Fsp3) is 0.276. The van der Waals surface area contributed by atoms with Gasteiger partial charge in [0.25, 0.3) is 0 Å². The summed E-state index contributed by atoms with van der Waals surface area (Å²) in [5.74, 6) is 2.29. The molecule has 0 atom stereocenters. The van der Waals surface area contributed by atoms with Crippen molar-refractivity contribution < 1.29 is 23.7 Å². The molecule has 3 aromatic carbocycles. The van der Waals surface area contributed by atoms with Gasteiger partial charge in [0.05, 0.1) is 27.4 Å². The summed E-state index contributed by atoms with van der Waals surface area (Å²) in [4.78, 5) is 17.1. The number of carbonyl (C=O) groups excluding carboxylic acids is 1. The molecule has 1 aliphatic heterocycles. The summed E-state index contributed by atoms with van der Waals surface area (Å²) in [6.07, 6.45) is 0. The van der Waals surface area contributed by atoms with Gasteiger partial charge in [-0.15, -0.1) is 11.3 Å². The average molecular weight is 504 g/mol. The number of rotatable bonds is 9. The number of fused-ring (bicyclic) bond motifs is 1. The molecule has 0 amide bonds. The van der Waals surface area contributed by atoms with E-state index in [1.807, 2.05) is 66.7 Å². The van der Waals surface area contributed by atoms with Gasteiger partial charge in [0.15, 0.2) is 5.78 Å². The molecule has 6 nitrogen and oxygen atoms in total. The first kappa shape index (κ1) is 24.3. The van der Waals surface area contributed by atoms with Crippen molar-refractivity contribution in [2.24, 2.45) is 0 Å². The Labute approximate surface area is 215 Å². The summed E-state index contributed by atoms with van der Waals surface area (Å²) in [5.41, 5.74) is 2.30. The lowest BCUT2D eigenvalue weighted by Gasteiger charge is -2.26. The monoisotopic (exact) mass is 503 g/mol. The van der Waals surface area contributed by atoms with Crippen molar-refractivity contribution >= 4 is 27.2 Å². The predicted molar refractivity (Wildman–Crippen MR) is 143 cm³/mol. The smallest absolute Gasteiger partial charge is 0.195 e. The second-order valence-corrected chi connectivity index (χ2v) is 9.60. The second kappa shape index (κ2) is 11.1. The van der Waals surface area contributed by atoms with Gasteiger partial charge < -0.3 is 18.9 Å². The summed E-state index contributed by atoms with van der Waals surface area (Å²) in [6, 6.07) is 21.1. The van der Waals surface area contributed by atoms with Crippen LogP contribution in [0.2, 0.25) is 0 Å². The minimum absolute atomic E-state index is 0.0166. The molecule has 36 heavy (non-hydrogen) atoms. The zero-order chi connectivity index (χ0) is 24.9. The van der Waals surface area contributed by atoms with E-state index in [9.17, 15) is 4.79 Å². The molecule has 0 spiro atoms. The number of morpholine rings is 1. The summed E-state index contributed by atoms with van der Waals surface area (Å²) < 4.78 is 23.1. The van der Waals surface area contributed by atoms with Gasteiger partial charge in [0.2, 0.25) is 0 Å². The largest absolute Gasteiger partial charge is 0.497 e. The Bertz CT molecular complexity index is 1320. The van der Waals surface area contributed by atoms with E-state index in [4.69, 9.17) is 18.9 Å². The molecule has 0 radical (unpaired) electrons. The Kier molecular flexibility index (Phi) is 7.51. The average Bonchev–Trinajstić information content (AvgIpc) is 3.32. The van der Waals surface area contributed by atoms with E-state index in [1.165, 1.54) is 0 Å². The molecule has 5 rings (SSSR count). The third-order valence-electron chi connectivity index (χ3n) is 6.37. The molecule has 0 N–H and O–H groups in total. The van der Waals surface area contributed by atoms with Crippen molar-refractivity contribution in [3.8, 4) is 27.7 Å². The van der Waals surface area contributed by atoms with Crippen molar-refractivity contribution in [1.82, 2.24) is 4.90 Å². The van der Waals surface area contributed by atoms with Gasteiger partial charge in [-0.25, -0.2) is 0 Å².